The second kappa shape index (κ2) is 12.8. The molecule has 1 aliphatic rings. The summed E-state index contributed by atoms with van der Waals surface area (Å²) in [6.07, 6.45) is 1.83. The fraction of sp³-hybridized carbons (Fsp3) is 0.114. The Kier molecular flexibility index (Phi) is 8.45. The lowest BCUT2D eigenvalue weighted by molar-refractivity contribution is -0.113. The molecule has 0 unspecified atom stereocenters. The van der Waals surface area contributed by atoms with Gasteiger partial charge in [0.15, 0.2) is 4.80 Å². The van der Waals surface area contributed by atoms with Gasteiger partial charge >= 0.3 is 0 Å². The summed E-state index contributed by atoms with van der Waals surface area (Å²) in [6, 6.07) is 31.0. The van der Waals surface area contributed by atoms with Gasteiger partial charge in [-0.15, -0.1) is 0 Å². The first-order valence-electron chi connectivity index (χ1n) is 13.9. The van der Waals surface area contributed by atoms with Gasteiger partial charge in [-0.05, 0) is 78.2 Å². The van der Waals surface area contributed by atoms with Crippen molar-refractivity contribution >= 4 is 40.6 Å². The predicted octanol–water partition coefficient (Wildman–Crippen LogP) is 6.11. The Balaban J connectivity index is 1.35. The van der Waals surface area contributed by atoms with Gasteiger partial charge in [-0.25, -0.2) is 4.99 Å². The van der Waals surface area contributed by atoms with Crippen molar-refractivity contribution in [2.24, 2.45) is 4.99 Å². The average molecular weight is 622 g/mol. The van der Waals surface area contributed by atoms with E-state index in [1.807, 2.05) is 109 Å². The van der Waals surface area contributed by atoms with Gasteiger partial charge in [0.2, 0.25) is 0 Å². The summed E-state index contributed by atoms with van der Waals surface area (Å²) in [4.78, 5) is 33.0. The molecule has 1 N–H and O–H groups in total. The molecule has 1 atom stereocenters. The maximum Gasteiger partial charge on any atom is 0.271 e. The van der Waals surface area contributed by atoms with Gasteiger partial charge in [0.1, 0.15) is 18.1 Å². The number of carbonyl (C=O) groups excluding carboxylic acids is 1. The molecule has 2 heterocycles. The van der Waals surface area contributed by atoms with Crippen LogP contribution in [-0.2, 0) is 11.4 Å². The van der Waals surface area contributed by atoms with Crippen LogP contribution in [0.5, 0.6) is 11.5 Å². The Hall–Kier alpha value is -4.92. The summed E-state index contributed by atoms with van der Waals surface area (Å²) in [5.74, 6) is 0.999. The van der Waals surface area contributed by atoms with Crippen molar-refractivity contribution in [2.45, 2.75) is 19.6 Å². The molecule has 1 aliphatic heterocycles. The van der Waals surface area contributed by atoms with Crippen molar-refractivity contribution in [1.82, 2.24) is 4.57 Å². The lowest BCUT2D eigenvalue weighted by atomic mass is 9.95. The van der Waals surface area contributed by atoms with E-state index in [0.29, 0.717) is 49.4 Å². The summed E-state index contributed by atoms with van der Waals surface area (Å²) in [6.45, 7) is 2.19. The van der Waals surface area contributed by atoms with Crippen LogP contribution in [0.1, 0.15) is 29.7 Å². The fourth-order valence-electron chi connectivity index (χ4n) is 5.06. The number of ether oxygens (including phenoxy) is 2. The molecule has 0 bridgehead atoms. The van der Waals surface area contributed by atoms with Crippen molar-refractivity contribution in [3.63, 3.8) is 0 Å². The second-order valence-corrected chi connectivity index (χ2v) is 11.6. The monoisotopic (exact) mass is 621 g/mol. The zero-order chi connectivity index (χ0) is 30.6. The number of nitrogens with zero attached hydrogens (tertiary/aromatic N) is 2. The van der Waals surface area contributed by atoms with Crippen LogP contribution in [0.25, 0.3) is 6.08 Å². The van der Waals surface area contributed by atoms with Crippen molar-refractivity contribution in [3.8, 4) is 11.5 Å². The number of thiazole rings is 1. The number of nitrogens with one attached hydrogen (secondary N) is 1. The molecular weight excluding hydrogens is 594 g/mol. The highest BCUT2D eigenvalue weighted by atomic mass is 35.5. The zero-order valence-corrected chi connectivity index (χ0v) is 25.6. The van der Waals surface area contributed by atoms with E-state index >= 15 is 0 Å². The minimum absolute atomic E-state index is 0.236. The number of benzene rings is 4. The maximum atomic E-state index is 14.0. The average Bonchev–Trinajstić information content (AvgIpc) is 3.34. The van der Waals surface area contributed by atoms with Gasteiger partial charge in [0, 0.05) is 10.7 Å². The quantitative estimate of drug-likeness (QED) is 0.227. The van der Waals surface area contributed by atoms with E-state index in [2.05, 4.69) is 5.32 Å². The Labute approximate surface area is 263 Å². The van der Waals surface area contributed by atoms with Crippen LogP contribution in [0.3, 0.4) is 0 Å². The summed E-state index contributed by atoms with van der Waals surface area (Å²) in [7, 11) is 1.59. The number of carbonyl (C=O) groups is 1. The summed E-state index contributed by atoms with van der Waals surface area (Å²) in [5, 5.41) is 3.63. The zero-order valence-electron chi connectivity index (χ0n) is 24.0. The van der Waals surface area contributed by atoms with Crippen LogP contribution < -0.4 is 29.7 Å². The Morgan fingerprint density at radius 1 is 0.977 bits per heavy atom. The van der Waals surface area contributed by atoms with E-state index in [1.54, 1.807) is 18.6 Å². The van der Waals surface area contributed by atoms with E-state index in [1.165, 1.54) is 11.3 Å². The minimum atomic E-state index is -0.700. The molecule has 44 heavy (non-hydrogen) atoms. The van der Waals surface area contributed by atoms with Crippen LogP contribution in [0.2, 0.25) is 5.02 Å². The topological polar surface area (TPSA) is 81.9 Å². The number of hydrogen-bond acceptors (Lipinski definition) is 6. The predicted molar refractivity (Wildman–Crippen MR) is 174 cm³/mol. The van der Waals surface area contributed by atoms with E-state index in [9.17, 15) is 9.59 Å². The van der Waals surface area contributed by atoms with Gasteiger partial charge < -0.3 is 14.8 Å². The van der Waals surface area contributed by atoms with Gasteiger partial charge in [-0.1, -0.05) is 77.5 Å². The smallest absolute Gasteiger partial charge is 0.271 e. The Morgan fingerprint density at radius 2 is 1.75 bits per heavy atom. The maximum absolute atomic E-state index is 14.0. The molecule has 9 heteroatoms. The highest BCUT2D eigenvalue weighted by molar-refractivity contribution is 7.07. The molecule has 1 amide bonds. The molecule has 0 spiro atoms. The number of para-hydroxylation sites is 1. The molecule has 4 aromatic carbocycles. The van der Waals surface area contributed by atoms with Crippen molar-refractivity contribution in [2.75, 3.05) is 12.4 Å². The molecule has 0 fully saturated rings. The SMILES string of the molecule is COc1cccc([C@H]2C(C(=O)Nc3ccccc3)=C(C)N=c3s/c(=C\c4ccc(OCc5cccc(Cl)c5)cc4)c(=O)n32)c1. The normalized spacial score (nSPS) is 14.5. The summed E-state index contributed by atoms with van der Waals surface area (Å²) in [5.41, 5.74) is 3.90. The standard InChI is InChI=1S/C35H28ClN3O4S/c1-22-31(33(40)38-27-11-4-3-5-12-27)32(25-9-7-13-29(20-25)42-2)39-34(41)30(44-35(39)37-22)19-23-14-16-28(17-15-23)43-21-24-8-6-10-26(36)18-24/h3-20,32H,21H2,1-2H3,(H,38,40)/b30-19-/t32-/m0/s1. The number of amides is 1. The fourth-order valence-corrected chi connectivity index (χ4v) is 6.32. The molecule has 0 saturated heterocycles. The minimum Gasteiger partial charge on any atom is -0.497 e. The van der Waals surface area contributed by atoms with E-state index < -0.39 is 6.04 Å². The third-order valence-corrected chi connectivity index (χ3v) is 8.40. The van der Waals surface area contributed by atoms with E-state index in [4.69, 9.17) is 26.1 Å². The Morgan fingerprint density at radius 3 is 2.50 bits per heavy atom. The highest BCUT2D eigenvalue weighted by Gasteiger charge is 2.32. The molecular formula is C35H28ClN3O4S. The lowest BCUT2D eigenvalue weighted by Gasteiger charge is -2.25. The van der Waals surface area contributed by atoms with Crippen molar-refractivity contribution in [1.29, 1.82) is 0 Å². The number of fused-ring (bicyclic) bond motifs is 1. The number of allylic oxidation sites excluding steroid dienone is 1. The first kappa shape index (κ1) is 29.2. The number of hydrogen-bond donors (Lipinski definition) is 1. The molecule has 220 valence electrons. The van der Waals surface area contributed by atoms with Gasteiger partial charge in [0.25, 0.3) is 11.5 Å². The van der Waals surface area contributed by atoms with Crippen LogP contribution in [0.15, 0.2) is 124 Å². The van der Waals surface area contributed by atoms with Crippen LogP contribution >= 0.6 is 22.9 Å². The highest BCUT2D eigenvalue weighted by Crippen LogP contribution is 2.32. The molecule has 6 rings (SSSR count). The van der Waals surface area contributed by atoms with Gasteiger partial charge in [-0.3, -0.25) is 14.2 Å². The number of aromatic nitrogens is 1. The lowest BCUT2D eigenvalue weighted by Crippen LogP contribution is -2.40. The molecule has 0 aliphatic carbocycles. The first-order valence-corrected chi connectivity index (χ1v) is 15.1. The summed E-state index contributed by atoms with van der Waals surface area (Å²) < 4.78 is 13.5. The van der Waals surface area contributed by atoms with Crippen LogP contribution in [-0.4, -0.2) is 17.6 Å². The Bertz CT molecular complexity index is 2050. The number of anilines is 1. The second-order valence-electron chi connectivity index (χ2n) is 10.2. The molecule has 0 saturated carbocycles. The molecule has 7 nitrogen and oxygen atoms in total. The van der Waals surface area contributed by atoms with Crippen LogP contribution in [0.4, 0.5) is 5.69 Å². The van der Waals surface area contributed by atoms with Crippen molar-refractivity contribution in [3.05, 3.63) is 156 Å². The van der Waals surface area contributed by atoms with E-state index in [0.717, 1.165) is 16.7 Å². The largest absolute Gasteiger partial charge is 0.497 e. The van der Waals surface area contributed by atoms with Crippen LogP contribution in [0, 0.1) is 0 Å². The third kappa shape index (κ3) is 6.22. The number of rotatable bonds is 8. The third-order valence-electron chi connectivity index (χ3n) is 7.18. The van der Waals surface area contributed by atoms with Crippen molar-refractivity contribution < 1.29 is 14.3 Å². The van der Waals surface area contributed by atoms with Gasteiger partial charge in [-0.2, -0.15) is 0 Å². The number of halogens is 1. The number of methoxy groups -OCH3 is 1. The molecule has 1 aromatic heterocycles. The summed E-state index contributed by atoms with van der Waals surface area (Å²) >= 11 is 7.36. The molecule has 0 radical (unpaired) electrons. The first-order chi connectivity index (χ1) is 21.4. The van der Waals surface area contributed by atoms with E-state index in [-0.39, 0.29) is 11.5 Å². The molecule has 5 aromatic rings. The van der Waals surface area contributed by atoms with Gasteiger partial charge in [0.05, 0.1) is 29.0 Å².